The van der Waals surface area contributed by atoms with E-state index in [-0.39, 0.29) is 11.4 Å². The first-order valence-corrected chi connectivity index (χ1v) is 5.84. The van der Waals surface area contributed by atoms with Crippen LogP contribution in [-0.4, -0.2) is 36.5 Å². The lowest BCUT2D eigenvalue weighted by molar-refractivity contribution is -0.123. The minimum atomic E-state index is -0.124. The molecule has 0 atom stereocenters. The van der Waals surface area contributed by atoms with Crippen molar-refractivity contribution in [2.45, 2.75) is 52.5 Å². The third-order valence-corrected chi connectivity index (χ3v) is 2.07. The molecule has 0 saturated carbocycles. The van der Waals surface area contributed by atoms with Crippen molar-refractivity contribution in [3.05, 3.63) is 0 Å². The van der Waals surface area contributed by atoms with Crippen molar-refractivity contribution in [3.8, 4) is 0 Å². The second-order valence-corrected chi connectivity index (χ2v) is 5.24. The molecule has 0 rings (SSSR count). The molecule has 0 heterocycles. The Kier molecular flexibility index (Phi) is 6.57. The Morgan fingerprint density at radius 2 is 1.87 bits per heavy atom. The second kappa shape index (κ2) is 6.83. The average molecular weight is 214 g/mol. The highest BCUT2D eigenvalue weighted by Gasteiger charge is 2.14. The number of likely N-dealkylation sites (N-methyl/N-ethyl adjacent to an activating group) is 1. The van der Waals surface area contributed by atoms with E-state index in [0.29, 0.717) is 6.54 Å². The lowest BCUT2D eigenvalue weighted by Gasteiger charge is -2.23. The molecule has 0 spiro atoms. The first kappa shape index (κ1) is 14.4. The molecule has 0 aromatic heterocycles. The van der Waals surface area contributed by atoms with Gasteiger partial charge in [0, 0.05) is 5.54 Å². The van der Waals surface area contributed by atoms with E-state index in [0.717, 1.165) is 6.54 Å². The van der Waals surface area contributed by atoms with Crippen LogP contribution >= 0.6 is 0 Å². The van der Waals surface area contributed by atoms with Gasteiger partial charge in [0.25, 0.3) is 0 Å². The Balaban J connectivity index is 3.67. The lowest BCUT2D eigenvalue weighted by atomic mass is 10.1. The molecule has 0 fully saturated rings. The topological polar surface area (TPSA) is 32.3 Å². The highest BCUT2D eigenvalue weighted by atomic mass is 16.2. The Morgan fingerprint density at radius 1 is 1.27 bits per heavy atom. The van der Waals surface area contributed by atoms with E-state index < -0.39 is 0 Å². The van der Waals surface area contributed by atoms with E-state index in [4.69, 9.17) is 0 Å². The predicted molar refractivity (Wildman–Crippen MR) is 64.9 cm³/mol. The van der Waals surface area contributed by atoms with Crippen molar-refractivity contribution < 1.29 is 4.79 Å². The fraction of sp³-hybridized carbons (Fsp3) is 0.917. The number of amides is 1. The molecule has 1 amide bonds. The van der Waals surface area contributed by atoms with E-state index in [1.54, 1.807) is 0 Å². The van der Waals surface area contributed by atoms with Crippen LogP contribution in [0.15, 0.2) is 0 Å². The Bertz CT molecular complexity index is 185. The van der Waals surface area contributed by atoms with Gasteiger partial charge in [-0.15, -0.1) is 0 Å². The van der Waals surface area contributed by atoms with E-state index in [2.05, 4.69) is 17.1 Å². The number of rotatable bonds is 6. The minimum Gasteiger partial charge on any atom is -0.350 e. The molecule has 3 nitrogen and oxygen atoms in total. The number of carbonyl (C=O) groups excluding carboxylic acids is 1. The Labute approximate surface area is 94.2 Å². The van der Waals surface area contributed by atoms with Crippen LogP contribution in [0.3, 0.4) is 0 Å². The fourth-order valence-electron chi connectivity index (χ4n) is 1.41. The van der Waals surface area contributed by atoms with Gasteiger partial charge in [0.2, 0.25) is 5.91 Å². The van der Waals surface area contributed by atoms with Crippen LogP contribution in [0.5, 0.6) is 0 Å². The second-order valence-electron chi connectivity index (χ2n) is 5.24. The average Bonchev–Trinajstić information content (AvgIpc) is 2.00. The summed E-state index contributed by atoms with van der Waals surface area (Å²) in [5.74, 6) is 0.112. The number of hydrogen-bond donors (Lipinski definition) is 1. The summed E-state index contributed by atoms with van der Waals surface area (Å²) in [6, 6.07) is 0. The van der Waals surface area contributed by atoms with Gasteiger partial charge in [-0.2, -0.15) is 0 Å². The fourth-order valence-corrected chi connectivity index (χ4v) is 1.41. The van der Waals surface area contributed by atoms with Crippen molar-refractivity contribution in [1.82, 2.24) is 10.2 Å². The molecule has 0 aromatic carbocycles. The van der Waals surface area contributed by atoms with Gasteiger partial charge in [0.05, 0.1) is 6.54 Å². The van der Waals surface area contributed by atoms with Crippen LogP contribution in [0.25, 0.3) is 0 Å². The van der Waals surface area contributed by atoms with Crippen LogP contribution in [0, 0.1) is 0 Å². The molecule has 0 radical (unpaired) electrons. The standard InChI is InChI=1S/C12H26N2O/c1-6-7-8-9-14(5)10-11(15)13-12(2,3)4/h6-10H2,1-5H3,(H,13,15). The zero-order valence-electron chi connectivity index (χ0n) is 10.9. The molecule has 0 saturated heterocycles. The third-order valence-electron chi connectivity index (χ3n) is 2.07. The normalized spacial score (nSPS) is 11.9. The minimum absolute atomic E-state index is 0.112. The summed E-state index contributed by atoms with van der Waals surface area (Å²) < 4.78 is 0. The summed E-state index contributed by atoms with van der Waals surface area (Å²) >= 11 is 0. The van der Waals surface area contributed by atoms with E-state index in [1.165, 1.54) is 19.3 Å². The van der Waals surface area contributed by atoms with Gasteiger partial charge in [-0.1, -0.05) is 19.8 Å². The Hall–Kier alpha value is -0.570. The summed E-state index contributed by atoms with van der Waals surface area (Å²) in [4.78, 5) is 13.6. The predicted octanol–water partition coefficient (Wildman–Crippen LogP) is 2.02. The molecule has 0 bridgehead atoms. The van der Waals surface area contributed by atoms with Crippen molar-refractivity contribution in [2.24, 2.45) is 0 Å². The number of carbonyl (C=O) groups is 1. The monoisotopic (exact) mass is 214 g/mol. The first-order chi connectivity index (χ1) is 6.85. The van der Waals surface area contributed by atoms with Gasteiger partial charge in [-0.05, 0) is 40.8 Å². The number of hydrogen-bond acceptors (Lipinski definition) is 2. The SMILES string of the molecule is CCCCCN(C)CC(=O)NC(C)(C)C. The van der Waals surface area contributed by atoms with Crippen LogP contribution in [0.2, 0.25) is 0 Å². The Morgan fingerprint density at radius 3 is 2.33 bits per heavy atom. The molecule has 90 valence electrons. The molecule has 3 heteroatoms. The molecule has 15 heavy (non-hydrogen) atoms. The van der Waals surface area contributed by atoms with Gasteiger partial charge in [0.1, 0.15) is 0 Å². The quantitative estimate of drug-likeness (QED) is 0.686. The van der Waals surface area contributed by atoms with Gasteiger partial charge in [0.15, 0.2) is 0 Å². The van der Waals surface area contributed by atoms with Gasteiger partial charge in [-0.3, -0.25) is 9.69 Å². The van der Waals surface area contributed by atoms with Gasteiger partial charge >= 0.3 is 0 Å². The smallest absolute Gasteiger partial charge is 0.234 e. The van der Waals surface area contributed by atoms with Crippen molar-refractivity contribution in [1.29, 1.82) is 0 Å². The van der Waals surface area contributed by atoms with E-state index in [9.17, 15) is 4.79 Å². The van der Waals surface area contributed by atoms with Crippen LogP contribution < -0.4 is 5.32 Å². The highest BCUT2D eigenvalue weighted by molar-refractivity contribution is 5.78. The molecule has 0 unspecified atom stereocenters. The first-order valence-electron chi connectivity index (χ1n) is 5.84. The summed E-state index contributed by atoms with van der Waals surface area (Å²) in [5, 5.41) is 2.96. The maximum absolute atomic E-state index is 11.5. The number of nitrogens with one attached hydrogen (secondary N) is 1. The van der Waals surface area contributed by atoms with Crippen molar-refractivity contribution in [3.63, 3.8) is 0 Å². The van der Waals surface area contributed by atoms with Crippen LogP contribution in [0.1, 0.15) is 47.0 Å². The molecular formula is C12H26N2O. The van der Waals surface area contributed by atoms with E-state index >= 15 is 0 Å². The van der Waals surface area contributed by atoms with Gasteiger partial charge in [-0.25, -0.2) is 0 Å². The maximum atomic E-state index is 11.5. The summed E-state index contributed by atoms with van der Waals surface area (Å²) in [6.45, 7) is 9.70. The lowest BCUT2D eigenvalue weighted by Crippen LogP contribution is -2.45. The molecule has 0 aliphatic rings. The number of unbranched alkanes of at least 4 members (excludes halogenated alkanes) is 2. The molecule has 0 aliphatic heterocycles. The number of nitrogens with zero attached hydrogens (tertiary/aromatic N) is 1. The van der Waals surface area contributed by atoms with Crippen LogP contribution in [0.4, 0.5) is 0 Å². The van der Waals surface area contributed by atoms with Crippen molar-refractivity contribution in [2.75, 3.05) is 20.1 Å². The van der Waals surface area contributed by atoms with Gasteiger partial charge < -0.3 is 5.32 Å². The summed E-state index contributed by atoms with van der Waals surface area (Å²) in [7, 11) is 2.00. The largest absolute Gasteiger partial charge is 0.350 e. The zero-order chi connectivity index (χ0) is 11.9. The maximum Gasteiger partial charge on any atom is 0.234 e. The summed E-state index contributed by atoms with van der Waals surface area (Å²) in [5.41, 5.74) is -0.124. The van der Waals surface area contributed by atoms with E-state index in [1.807, 2.05) is 27.8 Å². The highest BCUT2D eigenvalue weighted by Crippen LogP contribution is 1.99. The third kappa shape index (κ3) is 9.73. The molecule has 0 aromatic rings. The molecule has 0 aliphatic carbocycles. The van der Waals surface area contributed by atoms with Crippen molar-refractivity contribution >= 4 is 5.91 Å². The molecular weight excluding hydrogens is 188 g/mol. The molecule has 1 N–H and O–H groups in total. The summed E-state index contributed by atoms with van der Waals surface area (Å²) in [6.07, 6.45) is 3.64. The van der Waals surface area contributed by atoms with Crippen LogP contribution in [-0.2, 0) is 4.79 Å². The zero-order valence-corrected chi connectivity index (χ0v) is 10.9.